The van der Waals surface area contributed by atoms with Crippen molar-refractivity contribution < 1.29 is 18.8 Å². The van der Waals surface area contributed by atoms with Crippen LogP contribution >= 0.6 is 0 Å². The molecule has 1 aliphatic heterocycles. The van der Waals surface area contributed by atoms with Crippen molar-refractivity contribution in [1.29, 1.82) is 0 Å². The van der Waals surface area contributed by atoms with E-state index in [0.717, 1.165) is 5.56 Å². The molecule has 2 heterocycles. The molecule has 6 heteroatoms. The summed E-state index contributed by atoms with van der Waals surface area (Å²) in [6.07, 6.45) is -0.116. The molecule has 1 N–H and O–H groups in total. The lowest BCUT2D eigenvalue weighted by Crippen LogP contribution is -2.43. The number of benzene rings is 1. The zero-order valence-corrected chi connectivity index (χ0v) is 12.3. The summed E-state index contributed by atoms with van der Waals surface area (Å²) in [5.41, 5.74) is 1.13. The highest BCUT2D eigenvalue weighted by Crippen LogP contribution is 2.20. The predicted molar refractivity (Wildman–Crippen MR) is 79.4 cm³/mol. The fraction of sp³-hybridized carbons (Fsp3) is 0.375. The fourth-order valence-corrected chi connectivity index (χ4v) is 2.41. The number of carbonyl (C=O) groups excluding carboxylic acids is 1. The van der Waals surface area contributed by atoms with Crippen LogP contribution in [0.5, 0.6) is 0 Å². The first-order chi connectivity index (χ1) is 10.8. The third-order valence-corrected chi connectivity index (χ3v) is 3.53. The van der Waals surface area contributed by atoms with Crippen molar-refractivity contribution in [2.75, 3.05) is 19.8 Å². The van der Waals surface area contributed by atoms with E-state index in [0.29, 0.717) is 25.6 Å². The van der Waals surface area contributed by atoms with Crippen LogP contribution in [-0.4, -0.2) is 43.0 Å². The van der Waals surface area contributed by atoms with Crippen molar-refractivity contribution in [3.8, 4) is 11.3 Å². The second kappa shape index (κ2) is 6.72. The molecule has 1 aliphatic rings. The van der Waals surface area contributed by atoms with Gasteiger partial charge < -0.3 is 19.3 Å². The van der Waals surface area contributed by atoms with Crippen molar-refractivity contribution in [2.24, 2.45) is 0 Å². The minimum atomic E-state index is -0.286. The number of carbonyl (C=O) groups is 1. The second-order valence-electron chi connectivity index (χ2n) is 5.05. The molecule has 0 aliphatic carbocycles. The maximum absolute atomic E-state index is 12.3. The Bertz CT molecular complexity index is 626. The maximum Gasteiger partial charge on any atom is 0.273 e. The van der Waals surface area contributed by atoms with Crippen LogP contribution in [0.25, 0.3) is 11.3 Å². The molecular weight excluding hydrogens is 284 g/mol. The molecule has 1 aromatic heterocycles. The van der Waals surface area contributed by atoms with Crippen LogP contribution in [0.2, 0.25) is 0 Å². The molecule has 1 aromatic carbocycles. The van der Waals surface area contributed by atoms with E-state index in [1.54, 1.807) is 6.07 Å². The molecule has 2 atom stereocenters. The van der Waals surface area contributed by atoms with Gasteiger partial charge in [-0.2, -0.15) is 0 Å². The molecule has 3 rings (SSSR count). The molecule has 0 unspecified atom stereocenters. The van der Waals surface area contributed by atoms with E-state index in [1.165, 1.54) is 0 Å². The zero-order valence-electron chi connectivity index (χ0n) is 12.3. The number of ether oxygens (including phenoxy) is 2. The summed E-state index contributed by atoms with van der Waals surface area (Å²) in [4.78, 5) is 12.3. The quantitative estimate of drug-likeness (QED) is 0.913. The monoisotopic (exact) mass is 302 g/mol. The molecule has 1 amide bonds. The summed E-state index contributed by atoms with van der Waals surface area (Å²) in [5.74, 6) is 0.279. The first kappa shape index (κ1) is 14.7. The number of nitrogens with zero attached hydrogens (tertiary/aromatic N) is 1. The maximum atomic E-state index is 12.3. The van der Waals surface area contributed by atoms with E-state index in [2.05, 4.69) is 10.5 Å². The van der Waals surface area contributed by atoms with Gasteiger partial charge in [0.05, 0.1) is 19.3 Å². The third-order valence-electron chi connectivity index (χ3n) is 3.53. The number of amides is 1. The average Bonchev–Trinajstić information content (AvgIpc) is 3.19. The molecular formula is C16H18N2O4. The number of rotatable bonds is 5. The van der Waals surface area contributed by atoms with Crippen LogP contribution < -0.4 is 5.32 Å². The molecule has 116 valence electrons. The van der Waals surface area contributed by atoms with Gasteiger partial charge in [0.2, 0.25) is 0 Å². The van der Waals surface area contributed by atoms with E-state index >= 15 is 0 Å². The van der Waals surface area contributed by atoms with Crippen LogP contribution in [0.1, 0.15) is 17.4 Å². The lowest BCUT2D eigenvalue weighted by atomic mass is 10.1. The first-order valence-corrected chi connectivity index (χ1v) is 7.30. The summed E-state index contributed by atoms with van der Waals surface area (Å²) < 4.78 is 16.1. The lowest BCUT2D eigenvalue weighted by Gasteiger charge is -2.17. The van der Waals surface area contributed by atoms with Crippen molar-refractivity contribution in [3.05, 3.63) is 42.1 Å². The summed E-state index contributed by atoms with van der Waals surface area (Å²) in [5, 5.41) is 6.72. The SMILES string of the molecule is CCO[C@@H]1COC[C@H]1NC(=O)c1cc(-c2ccccc2)on1. The standard InChI is InChI=1S/C16H18N2O4/c1-2-21-15-10-20-9-13(15)17-16(19)12-8-14(22-18-12)11-6-4-3-5-7-11/h3-8,13,15H,2,9-10H2,1H3,(H,17,19)/t13-,15-/m1/s1. The largest absolute Gasteiger partial charge is 0.376 e. The van der Waals surface area contributed by atoms with Gasteiger partial charge in [0.15, 0.2) is 11.5 Å². The predicted octanol–water partition coefficient (Wildman–Crippen LogP) is 1.88. The molecule has 2 aromatic rings. The first-order valence-electron chi connectivity index (χ1n) is 7.30. The highest BCUT2D eigenvalue weighted by Gasteiger charge is 2.31. The van der Waals surface area contributed by atoms with E-state index < -0.39 is 0 Å². The highest BCUT2D eigenvalue weighted by molar-refractivity contribution is 5.93. The van der Waals surface area contributed by atoms with Gasteiger partial charge in [0.1, 0.15) is 6.10 Å². The Kier molecular flexibility index (Phi) is 4.50. The van der Waals surface area contributed by atoms with Crippen molar-refractivity contribution in [1.82, 2.24) is 10.5 Å². The van der Waals surface area contributed by atoms with E-state index in [1.807, 2.05) is 37.3 Å². The van der Waals surface area contributed by atoms with Gasteiger partial charge in [-0.3, -0.25) is 4.79 Å². The van der Waals surface area contributed by atoms with E-state index in [4.69, 9.17) is 14.0 Å². The summed E-state index contributed by atoms with van der Waals surface area (Å²) in [7, 11) is 0. The van der Waals surface area contributed by atoms with Crippen LogP contribution in [0.4, 0.5) is 0 Å². The molecule has 22 heavy (non-hydrogen) atoms. The molecule has 1 saturated heterocycles. The van der Waals surface area contributed by atoms with Gasteiger partial charge in [-0.1, -0.05) is 35.5 Å². The molecule has 6 nitrogen and oxygen atoms in total. The van der Waals surface area contributed by atoms with Crippen LogP contribution in [0.15, 0.2) is 40.9 Å². The minimum absolute atomic E-state index is 0.116. The molecule has 0 bridgehead atoms. The Morgan fingerprint density at radius 3 is 2.95 bits per heavy atom. The Morgan fingerprint density at radius 1 is 1.36 bits per heavy atom. The fourth-order valence-electron chi connectivity index (χ4n) is 2.41. The van der Waals surface area contributed by atoms with Gasteiger partial charge in [0.25, 0.3) is 5.91 Å². The smallest absolute Gasteiger partial charge is 0.273 e. The Hall–Kier alpha value is -2.18. The average molecular weight is 302 g/mol. The Balaban J connectivity index is 1.67. The third kappa shape index (κ3) is 3.18. The second-order valence-corrected chi connectivity index (χ2v) is 5.05. The van der Waals surface area contributed by atoms with Gasteiger partial charge in [0, 0.05) is 18.2 Å². The number of hydrogen-bond acceptors (Lipinski definition) is 5. The molecule has 0 spiro atoms. The topological polar surface area (TPSA) is 73.6 Å². The Morgan fingerprint density at radius 2 is 2.18 bits per heavy atom. The molecule has 0 radical (unpaired) electrons. The van der Waals surface area contributed by atoms with Gasteiger partial charge in [-0.05, 0) is 6.92 Å². The summed E-state index contributed by atoms with van der Waals surface area (Å²) >= 11 is 0. The number of nitrogens with one attached hydrogen (secondary N) is 1. The van der Waals surface area contributed by atoms with Crippen molar-refractivity contribution in [3.63, 3.8) is 0 Å². The van der Waals surface area contributed by atoms with Crippen molar-refractivity contribution in [2.45, 2.75) is 19.1 Å². The van der Waals surface area contributed by atoms with E-state index in [-0.39, 0.29) is 23.7 Å². The van der Waals surface area contributed by atoms with Crippen LogP contribution in [0, 0.1) is 0 Å². The van der Waals surface area contributed by atoms with Gasteiger partial charge in [-0.15, -0.1) is 0 Å². The lowest BCUT2D eigenvalue weighted by molar-refractivity contribution is 0.0401. The van der Waals surface area contributed by atoms with Crippen molar-refractivity contribution >= 4 is 5.91 Å². The Labute approximate surface area is 128 Å². The molecule has 0 saturated carbocycles. The summed E-state index contributed by atoms with van der Waals surface area (Å²) in [6.45, 7) is 3.44. The van der Waals surface area contributed by atoms with Gasteiger partial charge >= 0.3 is 0 Å². The van der Waals surface area contributed by atoms with Gasteiger partial charge in [-0.25, -0.2) is 0 Å². The number of hydrogen-bond donors (Lipinski definition) is 1. The molecule has 1 fully saturated rings. The minimum Gasteiger partial charge on any atom is -0.376 e. The highest BCUT2D eigenvalue weighted by atomic mass is 16.5. The van der Waals surface area contributed by atoms with Crippen LogP contribution in [-0.2, 0) is 9.47 Å². The zero-order chi connectivity index (χ0) is 15.4. The summed E-state index contributed by atoms with van der Waals surface area (Å²) in [6, 6.07) is 11.0. The van der Waals surface area contributed by atoms with E-state index in [9.17, 15) is 4.79 Å². The number of aromatic nitrogens is 1. The van der Waals surface area contributed by atoms with Crippen LogP contribution in [0.3, 0.4) is 0 Å². The normalized spacial score (nSPS) is 21.0.